The van der Waals surface area contributed by atoms with Gasteiger partial charge in [-0.1, -0.05) is 69.5 Å². The maximum absolute atomic E-state index is 14.0. The first-order valence-electron chi connectivity index (χ1n) is 12.7. The van der Waals surface area contributed by atoms with Crippen LogP contribution in [-0.2, 0) is 26.2 Å². The van der Waals surface area contributed by atoms with Crippen molar-refractivity contribution in [2.24, 2.45) is 0 Å². The van der Waals surface area contributed by atoms with Gasteiger partial charge in [0.1, 0.15) is 12.6 Å². The highest BCUT2D eigenvalue weighted by Gasteiger charge is 2.33. The van der Waals surface area contributed by atoms with Crippen molar-refractivity contribution >= 4 is 43.5 Å². The van der Waals surface area contributed by atoms with E-state index in [2.05, 4.69) is 21.2 Å². The number of hydrogen-bond acceptors (Lipinski definition) is 4. The molecule has 3 aromatic carbocycles. The Bertz CT molecular complexity index is 1430. The number of sulfonamides is 1. The van der Waals surface area contributed by atoms with Gasteiger partial charge in [-0.2, -0.15) is 0 Å². The Balaban J connectivity index is 2.04. The largest absolute Gasteiger partial charge is 0.350 e. The Labute approximate surface area is 240 Å². The number of amides is 2. The number of nitrogens with one attached hydrogen (secondary N) is 1. The van der Waals surface area contributed by atoms with Crippen LogP contribution >= 0.6 is 15.9 Å². The summed E-state index contributed by atoms with van der Waals surface area (Å²) >= 11 is 3.41. The summed E-state index contributed by atoms with van der Waals surface area (Å²) in [4.78, 5) is 28.7. The van der Waals surface area contributed by atoms with Crippen molar-refractivity contribution in [1.29, 1.82) is 0 Å². The van der Waals surface area contributed by atoms with E-state index in [0.29, 0.717) is 10.2 Å². The molecule has 0 aliphatic rings. The maximum atomic E-state index is 14.0. The Hall–Kier alpha value is -3.17. The van der Waals surface area contributed by atoms with Gasteiger partial charge in [0.2, 0.25) is 11.8 Å². The molecular weight excluding hydrogens is 578 g/mol. The minimum absolute atomic E-state index is 0.0737. The van der Waals surface area contributed by atoms with Gasteiger partial charge >= 0.3 is 0 Å². The van der Waals surface area contributed by atoms with Crippen LogP contribution in [0.2, 0.25) is 0 Å². The molecule has 0 heterocycles. The van der Waals surface area contributed by atoms with E-state index in [-0.39, 0.29) is 17.3 Å². The molecule has 0 unspecified atom stereocenters. The van der Waals surface area contributed by atoms with E-state index < -0.39 is 34.1 Å². The summed E-state index contributed by atoms with van der Waals surface area (Å²) in [5.41, 5.74) is 2.61. The Morgan fingerprint density at radius 2 is 1.56 bits per heavy atom. The zero-order chi connectivity index (χ0) is 29.0. The van der Waals surface area contributed by atoms with E-state index >= 15 is 0 Å². The lowest BCUT2D eigenvalue weighted by Crippen LogP contribution is -2.54. The normalized spacial score (nSPS) is 12.5. The summed E-state index contributed by atoms with van der Waals surface area (Å²) in [5, 5.41) is 2.93. The first-order valence-corrected chi connectivity index (χ1v) is 14.9. The van der Waals surface area contributed by atoms with Crippen LogP contribution < -0.4 is 9.62 Å². The molecule has 0 bridgehead atoms. The number of aryl methyl sites for hydroxylation is 2. The summed E-state index contributed by atoms with van der Waals surface area (Å²) in [6.45, 7) is 10.8. The van der Waals surface area contributed by atoms with Gasteiger partial charge in [0, 0.05) is 16.6 Å². The standard InChI is InChI=1S/C30H36BrN3O4S/c1-21-13-15-27(16-14-21)39(37,38)34(26-12-8-11-25(31)18-26)20-28(35)33(19-24-10-7-9-22(2)17-24)23(3)29(36)32-30(4,5)6/h7-18,23H,19-20H2,1-6H3,(H,32,36)/t23-/m0/s1. The van der Waals surface area contributed by atoms with Gasteiger partial charge in [-0.05, 0) is 77.4 Å². The van der Waals surface area contributed by atoms with Crippen LogP contribution in [0.3, 0.4) is 0 Å². The summed E-state index contributed by atoms with van der Waals surface area (Å²) < 4.78 is 29.5. The molecule has 0 aromatic heterocycles. The summed E-state index contributed by atoms with van der Waals surface area (Å²) in [6, 6.07) is 20.1. The van der Waals surface area contributed by atoms with E-state index in [1.54, 1.807) is 43.3 Å². The minimum atomic E-state index is -4.11. The molecule has 208 valence electrons. The van der Waals surface area contributed by atoms with Gasteiger partial charge in [0.05, 0.1) is 10.6 Å². The summed E-state index contributed by atoms with van der Waals surface area (Å²) in [5.74, 6) is -0.817. The second kappa shape index (κ2) is 12.3. The van der Waals surface area contributed by atoms with Gasteiger partial charge in [-0.3, -0.25) is 13.9 Å². The van der Waals surface area contributed by atoms with E-state index in [1.807, 2.05) is 58.9 Å². The molecule has 0 aliphatic carbocycles. The van der Waals surface area contributed by atoms with Crippen LogP contribution in [0.25, 0.3) is 0 Å². The molecule has 0 spiro atoms. The van der Waals surface area contributed by atoms with E-state index in [9.17, 15) is 18.0 Å². The van der Waals surface area contributed by atoms with Crippen molar-refractivity contribution in [3.63, 3.8) is 0 Å². The van der Waals surface area contributed by atoms with Gasteiger partial charge < -0.3 is 10.2 Å². The van der Waals surface area contributed by atoms with Crippen LogP contribution in [-0.4, -0.2) is 43.3 Å². The molecule has 0 aliphatic heterocycles. The topological polar surface area (TPSA) is 86.8 Å². The zero-order valence-electron chi connectivity index (χ0n) is 23.2. The number of benzene rings is 3. The highest BCUT2D eigenvalue weighted by atomic mass is 79.9. The van der Waals surface area contributed by atoms with Crippen LogP contribution in [0.5, 0.6) is 0 Å². The monoisotopic (exact) mass is 613 g/mol. The minimum Gasteiger partial charge on any atom is -0.350 e. The lowest BCUT2D eigenvalue weighted by atomic mass is 10.1. The van der Waals surface area contributed by atoms with Crippen LogP contribution in [0.4, 0.5) is 5.69 Å². The molecular formula is C30H36BrN3O4S. The van der Waals surface area contributed by atoms with Crippen molar-refractivity contribution in [3.8, 4) is 0 Å². The zero-order valence-corrected chi connectivity index (χ0v) is 25.6. The predicted molar refractivity (Wildman–Crippen MR) is 159 cm³/mol. The highest BCUT2D eigenvalue weighted by molar-refractivity contribution is 9.10. The van der Waals surface area contributed by atoms with Gasteiger partial charge in [-0.25, -0.2) is 8.42 Å². The van der Waals surface area contributed by atoms with Crippen molar-refractivity contribution in [2.75, 3.05) is 10.8 Å². The van der Waals surface area contributed by atoms with E-state index in [0.717, 1.165) is 21.0 Å². The number of halogens is 1. The third-order valence-corrected chi connectivity index (χ3v) is 8.37. The fourth-order valence-electron chi connectivity index (χ4n) is 4.06. The number of hydrogen-bond donors (Lipinski definition) is 1. The Kier molecular flexibility index (Phi) is 9.61. The molecule has 0 radical (unpaired) electrons. The van der Waals surface area contributed by atoms with E-state index in [1.165, 1.54) is 17.0 Å². The average Bonchev–Trinajstić information content (AvgIpc) is 2.84. The third-order valence-electron chi connectivity index (χ3n) is 6.08. The average molecular weight is 615 g/mol. The molecule has 0 saturated heterocycles. The SMILES string of the molecule is Cc1ccc(S(=O)(=O)N(CC(=O)N(Cc2cccc(C)c2)[C@@H](C)C(=O)NC(C)(C)C)c2cccc(Br)c2)cc1. The number of nitrogens with zero attached hydrogens (tertiary/aromatic N) is 2. The van der Waals surface area contributed by atoms with Crippen LogP contribution in [0, 0.1) is 13.8 Å². The molecule has 0 fully saturated rings. The lowest BCUT2D eigenvalue weighted by Gasteiger charge is -2.33. The fraction of sp³-hybridized carbons (Fsp3) is 0.333. The molecule has 0 saturated carbocycles. The number of anilines is 1. The van der Waals surface area contributed by atoms with Gasteiger partial charge in [-0.15, -0.1) is 0 Å². The second-order valence-electron chi connectivity index (χ2n) is 10.7. The van der Waals surface area contributed by atoms with Crippen LogP contribution in [0.15, 0.2) is 82.2 Å². The third kappa shape index (κ3) is 8.16. The fourth-order valence-corrected chi connectivity index (χ4v) is 5.85. The number of carbonyl (C=O) groups is 2. The van der Waals surface area contributed by atoms with E-state index in [4.69, 9.17) is 0 Å². The quantitative estimate of drug-likeness (QED) is 0.341. The smallest absolute Gasteiger partial charge is 0.264 e. The van der Waals surface area contributed by atoms with Crippen molar-refractivity contribution in [2.45, 2.75) is 64.6 Å². The summed E-state index contributed by atoms with van der Waals surface area (Å²) in [7, 11) is -4.11. The molecule has 7 nitrogen and oxygen atoms in total. The molecule has 1 atom stereocenters. The van der Waals surface area contributed by atoms with Gasteiger partial charge in [0.25, 0.3) is 10.0 Å². The van der Waals surface area contributed by atoms with Crippen molar-refractivity contribution in [1.82, 2.24) is 10.2 Å². The van der Waals surface area contributed by atoms with Crippen molar-refractivity contribution < 1.29 is 18.0 Å². The molecule has 3 rings (SSSR count). The molecule has 39 heavy (non-hydrogen) atoms. The molecule has 1 N–H and O–H groups in total. The van der Waals surface area contributed by atoms with Gasteiger partial charge in [0.15, 0.2) is 0 Å². The Morgan fingerprint density at radius 3 is 2.15 bits per heavy atom. The lowest BCUT2D eigenvalue weighted by molar-refractivity contribution is -0.140. The number of carbonyl (C=O) groups excluding carboxylic acids is 2. The molecule has 2 amide bonds. The first-order chi connectivity index (χ1) is 18.2. The highest BCUT2D eigenvalue weighted by Crippen LogP contribution is 2.27. The molecule has 9 heteroatoms. The molecule has 3 aromatic rings. The predicted octanol–water partition coefficient (Wildman–Crippen LogP) is 5.59. The first kappa shape index (κ1) is 30.4. The van der Waals surface area contributed by atoms with Crippen molar-refractivity contribution in [3.05, 3.63) is 94.0 Å². The Morgan fingerprint density at radius 1 is 0.923 bits per heavy atom. The van der Waals surface area contributed by atoms with Crippen LogP contribution in [0.1, 0.15) is 44.4 Å². The second-order valence-corrected chi connectivity index (χ2v) is 13.5. The summed E-state index contributed by atoms with van der Waals surface area (Å²) in [6.07, 6.45) is 0. The maximum Gasteiger partial charge on any atom is 0.264 e. The number of rotatable bonds is 9.